The molecule has 0 radical (unpaired) electrons. The van der Waals surface area contributed by atoms with E-state index in [4.69, 9.17) is 10.2 Å². The molecule has 0 bridgehead atoms. The maximum absolute atomic E-state index is 11.9. The Labute approximate surface area is 108 Å². The van der Waals surface area contributed by atoms with Crippen LogP contribution < -0.4 is 5.32 Å². The lowest BCUT2D eigenvalue weighted by molar-refractivity contribution is -0.146. The summed E-state index contributed by atoms with van der Waals surface area (Å²) < 4.78 is 0. The van der Waals surface area contributed by atoms with Gasteiger partial charge in [-0.15, -0.1) is 0 Å². The summed E-state index contributed by atoms with van der Waals surface area (Å²) in [5.41, 5.74) is 1.07. The van der Waals surface area contributed by atoms with Crippen molar-refractivity contribution in [3.05, 3.63) is 42.1 Å². The molecule has 0 saturated carbocycles. The van der Waals surface area contributed by atoms with Crippen LogP contribution in [0, 0.1) is 0 Å². The molecule has 6 nitrogen and oxygen atoms in total. The highest BCUT2D eigenvalue weighted by molar-refractivity contribution is 6.06. The van der Waals surface area contributed by atoms with Crippen LogP contribution in [0.15, 0.2) is 36.5 Å². The maximum Gasteiger partial charge on any atom is 0.334 e. The number of amides is 1. The number of carboxylic acids is 1. The molecule has 19 heavy (non-hydrogen) atoms. The molecule has 6 heteroatoms. The lowest BCUT2D eigenvalue weighted by Crippen LogP contribution is -2.36. The number of aromatic nitrogens is 1. The van der Waals surface area contributed by atoms with Gasteiger partial charge in [-0.2, -0.15) is 0 Å². The molecule has 1 amide bonds. The number of hydrogen-bond acceptors (Lipinski definition) is 4. The predicted octanol–water partition coefficient (Wildman–Crippen LogP) is 0.410. The fraction of sp³-hybridized carbons (Fsp3) is 0.154. The highest BCUT2D eigenvalue weighted by atomic mass is 16.4. The van der Waals surface area contributed by atoms with E-state index in [0.717, 1.165) is 0 Å². The number of nitrogens with one attached hydrogen (secondary N) is 1. The molecule has 0 aliphatic carbocycles. The summed E-state index contributed by atoms with van der Waals surface area (Å²) in [6, 6.07) is 8.67. The first-order chi connectivity index (χ1) is 9.09. The number of benzene rings is 1. The molecule has 98 valence electrons. The SMILES string of the molecule is O=C(NCC(O)C(=O)O)c1ccnc2ccccc12. The fourth-order valence-electron chi connectivity index (χ4n) is 1.67. The van der Waals surface area contributed by atoms with Crippen molar-refractivity contribution in [2.24, 2.45) is 0 Å². The number of aliphatic carboxylic acids is 1. The number of aliphatic hydroxyl groups is 1. The quantitative estimate of drug-likeness (QED) is 0.739. The molecule has 1 aromatic heterocycles. The third kappa shape index (κ3) is 2.86. The van der Waals surface area contributed by atoms with Gasteiger partial charge in [0, 0.05) is 11.6 Å². The highest BCUT2D eigenvalue weighted by Gasteiger charge is 2.16. The van der Waals surface area contributed by atoms with Crippen LogP contribution in [-0.2, 0) is 4.79 Å². The lowest BCUT2D eigenvalue weighted by atomic mass is 10.1. The van der Waals surface area contributed by atoms with E-state index in [-0.39, 0.29) is 6.54 Å². The second kappa shape index (κ2) is 5.45. The van der Waals surface area contributed by atoms with Crippen LogP contribution in [-0.4, -0.2) is 39.7 Å². The van der Waals surface area contributed by atoms with E-state index in [2.05, 4.69) is 10.3 Å². The first kappa shape index (κ1) is 13.0. The molecule has 0 saturated heterocycles. The van der Waals surface area contributed by atoms with Crippen LogP contribution in [0.3, 0.4) is 0 Å². The number of carbonyl (C=O) groups is 2. The Morgan fingerprint density at radius 2 is 2.00 bits per heavy atom. The monoisotopic (exact) mass is 260 g/mol. The Kier molecular flexibility index (Phi) is 3.72. The zero-order valence-corrected chi connectivity index (χ0v) is 9.91. The minimum absolute atomic E-state index is 0.342. The third-order valence-electron chi connectivity index (χ3n) is 2.63. The second-order valence-corrected chi connectivity index (χ2v) is 3.94. The first-order valence-corrected chi connectivity index (χ1v) is 5.62. The van der Waals surface area contributed by atoms with Crippen LogP contribution in [0.4, 0.5) is 0 Å². The lowest BCUT2D eigenvalue weighted by Gasteiger charge is -2.09. The zero-order valence-electron chi connectivity index (χ0n) is 9.91. The van der Waals surface area contributed by atoms with Crippen molar-refractivity contribution in [2.45, 2.75) is 6.10 Å². The largest absolute Gasteiger partial charge is 0.479 e. The molecule has 1 heterocycles. The number of hydrogen-bond donors (Lipinski definition) is 3. The molecule has 0 fully saturated rings. The van der Waals surface area contributed by atoms with Gasteiger partial charge in [-0.1, -0.05) is 18.2 Å². The van der Waals surface area contributed by atoms with Crippen molar-refractivity contribution in [1.29, 1.82) is 0 Å². The summed E-state index contributed by atoms with van der Waals surface area (Å²) in [5.74, 6) is -1.82. The number of carboxylic acid groups (broad SMARTS) is 1. The number of carbonyl (C=O) groups excluding carboxylic acids is 1. The summed E-state index contributed by atoms with van der Waals surface area (Å²) in [6.07, 6.45) is -0.109. The van der Waals surface area contributed by atoms with Gasteiger partial charge in [-0.3, -0.25) is 9.78 Å². The zero-order chi connectivity index (χ0) is 13.8. The van der Waals surface area contributed by atoms with Gasteiger partial charge < -0.3 is 15.5 Å². The number of rotatable bonds is 4. The van der Waals surface area contributed by atoms with Gasteiger partial charge in [0.05, 0.1) is 17.6 Å². The molecule has 0 aliphatic rings. The molecule has 2 rings (SSSR count). The summed E-state index contributed by atoms with van der Waals surface area (Å²) in [4.78, 5) is 26.5. The Morgan fingerprint density at radius 3 is 2.74 bits per heavy atom. The van der Waals surface area contributed by atoms with E-state index in [0.29, 0.717) is 16.5 Å². The summed E-state index contributed by atoms with van der Waals surface area (Å²) in [6.45, 7) is -0.342. The number of aliphatic hydroxyl groups excluding tert-OH is 1. The molecule has 1 atom stereocenters. The van der Waals surface area contributed by atoms with Crippen LogP contribution in [0.5, 0.6) is 0 Å². The third-order valence-corrected chi connectivity index (χ3v) is 2.63. The highest BCUT2D eigenvalue weighted by Crippen LogP contribution is 2.15. The van der Waals surface area contributed by atoms with E-state index in [1.165, 1.54) is 6.20 Å². The van der Waals surface area contributed by atoms with Crippen LogP contribution in [0.1, 0.15) is 10.4 Å². The standard InChI is InChI=1S/C13H12N2O4/c16-11(13(18)19)7-15-12(17)9-5-6-14-10-4-2-1-3-8(9)10/h1-6,11,16H,7H2,(H,15,17)(H,18,19). The summed E-state index contributed by atoms with van der Waals surface area (Å²) in [7, 11) is 0. The van der Waals surface area contributed by atoms with Gasteiger partial charge in [-0.25, -0.2) is 4.79 Å². The summed E-state index contributed by atoms with van der Waals surface area (Å²) in [5, 5.41) is 20.7. The Balaban J connectivity index is 2.20. The second-order valence-electron chi connectivity index (χ2n) is 3.94. The van der Waals surface area contributed by atoms with E-state index in [9.17, 15) is 9.59 Å². The van der Waals surface area contributed by atoms with Crippen LogP contribution in [0.2, 0.25) is 0 Å². The van der Waals surface area contributed by atoms with Gasteiger partial charge in [0.2, 0.25) is 0 Å². The minimum Gasteiger partial charge on any atom is -0.479 e. The Bertz CT molecular complexity index is 622. The predicted molar refractivity (Wildman–Crippen MR) is 67.7 cm³/mol. The van der Waals surface area contributed by atoms with Gasteiger partial charge >= 0.3 is 5.97 Å². The smallest absolute Gasteiger partial charge is 0.334 e. The number of pyridine rings is 1. The van der Waals surface area contributed by atoms with Crippen molar-refractivity contribution in [2.75, 3.05) is 6.54 Å². The number of nitrogens with zero attached hydrogens (tertiary/aromatic N) is 1. The van der Waals surface area contributed by atoms with Crippen molar-refractivity contribution in [3.8, 4) is 0 Å². The molecule has 2 aromatic rings. The molecule has 1 unspecified atom stereocenters. The van der Waals surface area contributed by atoms with Crippen molar-refractivity contribution in [3.63, 3.8) is 0 Å². The first-order valence-electron chi connectivity index (χ1n) is 5.62. The average molecular weight is 260 g/mol. The van der Waals surface area contributed by atoms with Gasteiger partial charge in [0.1, 0.15) is 0 Å². The molecule has 3 N–H and O–H groups in total. The van der Waals surface area contributed by atoms with E-state index in [1.807, 2.05) is 6.07 Å². The average Bonchev–Trinajstić information content (AvgIpc) is 2.43. The molecular formula is C13H12N2O4. The van der Waals surface area contributed by atoms with Crippen LogP contribution >= 0.6 is 0 Å². The van der Waals surface area contributed by atoms with Gasteiger partial charge in [-0.05, 0) is 12.1 Å². The fourth-order valence-corrected chi connectivity index (χ4v) is 1.67. The molecule has 0 aliphatic heterocycles. The van der Waals surface area contributed by atoms with Gasteiger partial charge in [0.15, 0.2) is 6.10 Å². The van der Waals surface area contributed by atoms with E-state index >= 15 is 0 Å². The topological polar surface area (TPSA) is 99.5 Å². The van der Waals surface area contributed by atoms with E-state index in [1.54, 1.807) is 24.3 Å². The minimum atomic E-state index is -1.61. The molecule has 0 spiro atoms. The Morgan fingerprint density at radius 1 is 1.26 bits per heavy atom. The molecule has 1 aromatic carbocycles. The molecular weight excluding hydrogens is 248 g/mol. The van der Waals surface area contributed by atoms with Crippen molar-refractivity contribution < 1.29 is 19.8 Å². The van der Waals surface area contributed by atoms with Gasteiger partial charge in [0.25, 0.3) is 5.91 Å². The van der Waals surface area contributed by atoms with E-state index < -0.39 is 18.0 Å². The summed E-state index contributed by atoms with van der Waals surface area (Å²) >= 11 is 0. The van der Waals surface area contributed by atoms with Crippen molar-refractivity contribution in [1.82, 2.24) is 10.3 Å². The van der Waals surface area contributed by atoms with Crippen molar-refractivity contribution >= 4 is 22.8 Å². The maximum atomic E-state index is 11.9. The Hall–Kier alpha value is -2.47. The normalized spacial score (nSPS) is 12.1. The number of para-hydroxylation sites is 1. The van der Waals surface area contributed by atoms with Crippen LogP contribution in [0.25, 0.3) is 10.9 Å². The number of fused-ring (bicyclic) bond motifs is 1.